The van der Waals surface area contributed by atoms with Gasteiger partial charge in [-0.15, -0.1) is 0 Å². The number of nitrogens with two attached hydrogens (primary N) is 1. The molecule has 2 aromatic carbocycles. The lowest BCUT2D eigenvalue weighted by atomic mass is 9.99. The van der Waals surface area contributed by atoms with Gasteiger partial charge in [0.15, 0.2) is 0 Å². The van der Waals surface area contributed by atoms with Crippen molar-refractivity contribution in [2.75, 3.05) is 24.5 Å². The molecular weight excluding hydrogens is 418 g/mol. The topological polar surface area (TPSA) is 49.6 Å². The molecule has 0 bridgehead atoms. The summed E-state index contributed by atoms with van der Waals surface area (Å²) in [4.78, 5) is 17.5. The van der Waals surface area contributed by atoms with Gasteiger partial charge in [-0.1, -0.05) is 68.0 Å². The maximum Gasteiger partial charge on any atom is 0.239 e. The molecule has 1 saturated heterocycles. The molecular formula is C30H43N3O. The molecule has 4 heteroatoms. The van der Waals surface area contributed by atoms with Crippen molar-refractivity contribution in [3.63, 3.8) is 0 Å². The summed E-state index contributed by atoms with van der Waals surface area (Å²) in [6.07, 6.45) is 7.23. The van der Waals surface area contributed by atoms with Crippen molar-refractivity contribution in [3.05, 3.63) is 77.4 Å². The number of amides is 1. The lowest BCUT2D eigenvalue weighted by Gasteiger charge is -2.41. The molecule has 34 heavy (non-hydrogen) atoms. The maximum absolute atomic E-state index is 13.0. The van der Waals surface area contributed by atoms with Crippen LogP contribution in [-0.4, -0.2) is 42.5 Å². The van der Waals surface area contributed by atoms with Gasteiger partial charge >= 0.3 is 0 Å². The Hall–Kier alpha value is -2.59. The molecule has 1 amide bonds. The largest absolute Gasteiger partial charge is 0.363 e. The predicted octanol–water partition coefficient (Wildman–Crippen LogP) is 5.61. The zero-order chi connectivity index (χ0) is 24.5. The first-order chi connectivity index (χ1) is 16.3. The summed E-state index contributed by atoms with van der Waals surface area (Å²) >= 11 is 0. The van der Waals surface area contributed by atoms with Gasteiger partial charge in [0.05, 0.1) is 6.04 Å². The highest BCUT2D eigenvalue weighted by atomic mass is 16.2. The summed E-state index contributed by atoms with van der Waals surface area (Å²) in [5.41, 5.74) is 11.5. The number of carbonyl (C=O) groups excluding carboxylic acids is 1. The summed E-state index contributed by atoms with van der Waals surface area (Å²) in [6.45, 7) is 11.0. The summed E-state index contributed by atoms with van der Waals surface area (Å²) in [5, 5.41) is 0. The van der Waals surface area contributed by atoms with E-state index < -0.39 is 6.04 Å². The molecule has 2 aromatic rings. The zero-order valence-corrected chi connectivity index (χ0v) is 21.5. The number of nitrogens with zero attached hydrogens (tertiary/aromatic N) is 2. The number of hydrogen-bond acceptors (Lipinski definition) is 3. The fourth-order valence-corrected chi connectivity index (χ4v) is 4.79. The SMILES string of the molecule is CC(C)=CCN(c1ccc(CCc2ccccc2)cc1)C1CCCN(C(=O)[C@@H](N)CC(C)C)C1. The van der Waals surface area contributed by atoms with Crippen LogP contribution < -0.4 is 10.6 Å². The second kappa shape index (κ2) is 12.8. The Bertz CT molecular complexity index is 916. The molecule has 1 aliphatic heterocycles. The first-order valence-electron chi connectivity index (χ1n) is 12.9. The Labute approximate surface area is 206 Å². The molecule has 0 saturated carbocycles. The number of piperidine rings is 1. The van der Waals surface area contributed by atoms with Crippen LogP contribution in [0.15, 0.2) is 66.2 Å². The molecule has 1 aliphatic rings. The van der Waals surface area contributed by atoms with E-state index in [-0.39, 0.29) is 5.91 Å². The number of benzene rings is 2. The van der Waals surface area contributed by atoms with Gasteiger partial charge in [0, 0.05) is 31.4 Å². The van der Waals surface area contributed by atoms with Gasteiger partial charge in [0.25, 0.3) is 0 Å². The Balaban J connectivity index is 1.70. The number of carbonyl (C=O) groups is 1. The fourth-order valence-electron chi connectivity index (χ4n) is 4.79. The second-order valence-corrected chi connectivity index (χ2v) is 10.4. The average molecular weight is 462 g/mol. The van der Waals surface area contributed by atoms with Gasteiger partial charge in [0.2, 0.25) is 5.91 Å². The van der Waals surface area contributed by atoms with Gasteiger partial charge in [-0.2, -0.15) is 0 Å². The van der Waals surface area contributed by atoms with E-state index in [9.17, 15) is 4.79 Å². The number of aryl methyl sites for hydroxylation is 2. The van der Waals surface area contributed by atoms with Gasteiger partial charge in [-0.05, 0) is 75.1 Å². The molecule has 1 fully saturated rings. The molecule has 0 aliphatic carbocycles. The molecule has 1 unspecified atom stereocenters. The van der Waals surface area contributed by atoms with Crippen LogP contribution in [0.2, 0.25) is 0 Å². The molecule has 4 nitrogen and oxygen atoms in total. The minimum absolute atomic E-state index is 0.108. The Morgan fingerprint density at radius 1 is 1.06 bits per heavy atom. The van der Waals surface area contributed by atoms with E-state index >= 15 is 0 Å². The zero-order valence-electron chi connectivity index (χ0n) is 21.5. The van der Waals surface area contributed by atoms with Crippen molar-refractivity contribution in [2.24, 2.45) is 11.7 Å². The smallest absolute Gasteiger partial charge is 0.239 e. The predicted molar refractivity (Wildman–Crippen MR) is 144 cm³/mol. The van der Waals surface area contributed by atoms with Crippen LogP contribution in [0.1, 0.15) is 58.1 Å². The Morgan fingerprint density at radius 2 is 1.71 bits per heavy atom. The van der Waals surface area contributed by atoms with E-state index in [2.05, 4.69) is 93.3 Å². The van der Waals surface area contributed by atoms with E-state index in [1.165, 1.54) is 22.4 Å². The first-order valence-corrected chi connectivity index (χ1v) is 12.9. The summed E-state index contributed by atoms with van der Waals surface area (Å²) in [7, 11) is 0. The minimum Gasteiger partial charge on any atom is -0.363 e. The third-order valence-corrected chi connectivity index (χ3v) is 6.70. The van der Waals surface area contributed by atoms with Crippen molar-refractivity contribution in [2.45, 2.75) is 71.9 Å². The molecule has 3 rings (SSSR count). The van der Waals surface area contributed by atoms with Crippen molar-refractivity contribution in [1.29, 1.82) is 0 Å². The normalized spacial score (nSPS) is 16.9. The number of allylic oxidation sites excluding steroid dienone is 1. The molecule has 2 atom stereocenters. The standard InChI is InChI=1S/C30H43N3O/c1-23(2)18-20-33(28-11-8-19-32(22-28)30(34)29(31)21-24(3)4)27-16-14-26(15-17-27)13-12-25-9-6-5-7-10-25/h5-7,9-10,14-18,24,28-29H,8,11-13,19-22,31H2,1-4H3/t28?,29-/m0/s1. The van der Waals surface area contributed by atoms with Crippen LogP contribution >= 0.6 is 0 Å². The third kappa shape index (κ3) is 7.73. The number of rotatable bonds is 10. The number of likely N-dealkylation sites (tertiary alicyclic amines) is 1. The highest BCUT2D eigenvalue weighted by molar-refractivity contribution is 5.81. The highest BCUT2D eigenvalue weighted by Crippen LogP contribution is 2.25. The number of hydrogen-bond donors (Lipinski definition) is 1. The van der Waals surface area contributed by atoms with Crippen LogP contribution in [0.5, 0.6) is 0 Å². The molecule has 1 heterocycles. The Kier molecular flexibility index (Phi) is 9.76. The summed E-state index contributed by atoms with van der Waals surface area (Å²) < 4.78 is 0. The molecule has 0 spiro atoms. The Morgan fingerprint density at radius 3 is 2.32 bits per heavy atom. The van der Waals surface area contributed by atoms with Crippen molar-refractivity contribution in [3.8, 4) is 0 Å². The van der Waals surface area contributed by atoms with E-state index in [1.807, 2.05) is 4.90 Å². The lowest BCUT2D eigenvalue weighted by Crippen LogP contribution is -2.54. The van der Waals surface area contributed by atoms with Crippen molar-refractivity contribution >= 4 is 11.6 Å². The van der Waals surface area contributed by atoms with Gasteiger partial charge in [0.1, 0.15) is 0 Å². The quantitative estimate of drug-likeness (QED) is 0.468. The molecule has 0 radical (unpaired) electrons. The fraction of sp³-hybridized carbons (Fsp3) is 0.500. The maximum atomic E-state index is 13.0. The highest BCUT2D eigenvalue weighted by Gasteiger charge is 2.30. The van der Waals surface area contributed by atoms with E-state index in [1.54, 1.807) is 0 Å². The molecule has 2 N–H and O–H groups in total. The first kappa shape index (κ1) is 26.0. The van der Waals surface area contributed by atoms with Crippen LogP contribution in [0.4, 0.5) is 5.69 Å². The third-order valence-electron chi connectivity index (χ3n) is 6.70. The van der Waals surface area contributed by atoms with Crippen molar-refractivity contribution in [1.82, 2.24) is 4.90 Å². The minimum atomic E-state index is -0.395. The molecule has 184 valence electrons. The summed E-state index contributed by atoms with van der Waals surface area (Å²) in [6, 6.07) is 19.6. The van der Waals surface area contributed by atoms with Crippen molar-refractivity contribution < 1.29 is 4.79 Å². The average Bonchev–Trinajstić information content (AvgIpc) is 2.83. The van der Waals surface area contributed by atoms with Crippen LogP contribution in [0, 0.1) is 5.92 Å². The van der Waals surface area contributed by atoms with Gasteiger partial charge in [-0.3, -0.25) is 4.79 Å². The van der Waals surface area contributed by atoms with Crippen LogP contribution in [0.25, 0.3) is 0 Å². The van der Waals surface area contributed by atoms with Crippen LogP contribution in [-0.2, 0) is 17.6 Å². The lowest BCUT2D eigenvalue weighted by molar-refractivity contribution is -0.134. The summed E-state index contributed by atoms with van der Waals surface area (Å²) in [5.74, 6) is 0.533. The number of anilines is 1. The van der Waals surface area contributed by atoms with E-state index in [0.29, 0.717) is 12.0 Å². The van der Waals surface area contributed by atoms with E-state index in [4.69, 9.17) is 5.73 Å². The van der Waals surface area contributed by atoms with Crippen LogP contribution in [0.3, 0.4) is 0 Å². The van der Waals surface area contributed by atoms with Gasteiger partial charge < -0.3 is 15.5 Å². The second-order valence-electron chi connectivity index (χ2n) is 10.4. The van der Waals surface area contributed by atoms with E-state index in [0.717, 1.165) is 51.7 Å². The monoisotopic (exact) mass is 461 g/mol. The van der Waals surface area contributed by atoms with Gasteiger partial charge in [-0.25, -0.2) is 0 Å². The molecule has 0 aromatic heterocycles.